The standard InChI is InChI=1S/C14H14F2N2/c15-11-3-1-10(2-4-11)7-8-18-14-6-5-12(16)9-13(14)17/h1-6,9,18H,7-8,17H2. The first-order valence-electron chi connectivity index (χ1n) is 5.68. The molecule has 0 saturated heterocycles. The van der Waals surface area contributed by atoms with Gasteiger partial charge in [-0.25, -0.2) is 8.78 Å². The van der Waals surface area contributed by atoms with Crippen LogP contribution in [0.1, 0.15) is 5.56 Å². The summed E-state index contributed by atoms with van der Waals surface area (Å²) in [4.78, 5) is 0. The Morgan fingerprint density at radius 3 is 2.28 bits per heavy atom. The average molecular weight is 248 g/mol. The van der Waals surface area contributed by atoms with Crippen LogP contribution in [-0.2, 0) is 6.42 Å². The van der Waals surface area contributed by atoms with Gasteiger partial charge in [0.2, 0.25) is 0 Å². The number of anilines is 2. The minimum Gasteiger partial charge on any atom is -0.397 e. The Morgan fingerprint density at radius 1 is 0.944 bits per heavy atom. The number of nitrogen functional groups attached to an aromatic ring is 1. The molecule has 0 aliphatic heterocycles. The van der Waals surface area contributed by atoms with Crippen molar-refractivity contribution in [2.45, 2.75) is 6.42 Å². The zero-order valence-corrected chi connectivity index (χ0v) is 9.79. The van der Waals surface area contributed by atoms with Crippen molar-refractivity contribution in [3.05, 3.63) is 59.7 Å². The number of halogens is 2. The van der Waals surface area contributed by atoms with Gasteiger partial charge in [-0.3, -0.25) is 0 Å². The molecule has 0 amide bonds. The van der Waals surface area contributed by atoms with E-state index in [2.05, 4.69) is 5.32 Å². The lowest BCUT2D eigenvalue weighted by atomic mass is 10.1. The molecule has 0 aliphatic carbocycles. The molecule has 0 radical (unpaired) electrons. The number of nitrogens with two attached hydrogens (primary N) is 1. The molecule has 94 valence electrons. The predicted molar refractivity (Wildman–Crippen MR) is 69.4 cm³/mol. The Balaban J connectivity index is 1.90. The van der Waals surface area contributed by atoms with Gasteiger partial charge in [-0.15, -0.1) is 0 Å². The largest absolute Gasteiger partial charge is 0.397 e. The first-order chi connectivity index (χ1) is 8.65. The van der Waals surface area contributed by atoms with Crippen molar-refractivity contribution in [1.82, 2.24) is 0 Å². The van der Waals surface area contributed by atoms with Gasteiger partial charge >= 0.3 is 0 Å². The monoisotopic (exact) mass is 248 g/mol. The highest BCUT2D eigenvalue weighted by Gasteiger charge is 2.00. The molecule has 2 aromatic carbocycles. The molecule has 3 N–H and O–H groups in total. The topological polar surface area (TPSA) is 38.0 Å². The second kappa shape index (κ2) is 5.49. The minimum absolute atomic E-state index is 0.241. The third-order valence-electron chi connectivity index (χ3n) is 2.66. The van der Waals surface area contributed by atoms with Crippen LogP contribution in [0, 0.1) is 11.6 Å². The van der Waals surface area contributed by atoms with E-state index >= 15 is 0 Å². The van der Waals surface area contributed by atoms with E-state index in [0.717, 1.165) is 12.0 Å². The van der Waals surface area contributed by atoms with E-state index in [9.17, 15) is 8.78 Å². The van der Waals surface area contributed by atoms with Gasteiger partial charge in [0.25, 0.3) is 0 Å². The van der Waals surface area contributed by atoms with Crippen LogP contribution in [0.3, 0.4) is 0 Å². The molecule has 2 nitrogen and oxygen atoms in total. The summed E-state index contributed by atoms with van der Waals surface area (Å²) in [6.07, 6.45) is 0.747. The van der Waals surface area contributed by atoms with Gasteiger partial charge in [-0.2, -0.15) is 0 Å². The number of hydrogen-bond acceptors (Lipinski definition) is 2. The van der Waals surface area contributed by atoms with Crippen LogP contribution >= 0.6 is 0 Å². The van der Waals surface area contributed by atoms with Crippen molar-refractivity contribution in [2.75, 3.05) is 17.6 Å². The molecule has 0 fully saturated rings. The first kappa shape index (κ1) is 12.4. The van der Waals surface area contributed by atoms with Crippen LogP contribution in [0.25, 0.3) is 0 Å². The third-order valence-corrected chi connectivity index (χ3v) is 2.66. The number of hydrogen-bond donors (Lipinski definition) is 2. The predicted octanol–water partition coefficient (Wildman–Crippen LogP) is 3.20. The molecule has 0 aliphatic rings. The molecule has 2 rings (SSSR count). The first-order valence-corrected chi connectivity index (χ1v) is 5.68. The van der Waals surface area contributed by atoms with Crippen LogP contribution < -0.4 is 11.1 Å². The van der Waals surface area contributed by atoms with Crippen LogP contribution in [0.5, 0.6) is 0 Å². The number of nitrogens with one attached hydrogen (secondary N) is 1. The van der Waals surface area contributed by atoms with Gasteiger partial charge in [0.15, 0.2) is 0 Å². The summed E-state index contributed by atoms with van der Waals surface area (Å²) >= 11 is 0. The van der Waals surface area contributed by atoms with Crippen molar-refractivity contribution in [3.8, 4) is 0 Å². The summed E-state index contributed by atoms with van der Waals surface area (Å²) in [6, 6.07) is 10.6. The molecule has 4 heteroatoms. The molecular weight excluding hydrogens is 234 g/mol. The Kier molecular flexibility index (Phi) is 3.77. The Hall–Kier alpha value is -2.10. The maximum absolute atomic E-state index is 12.8. The SMILES string of the molecule is Nc1cc(F)ccc1NCCc1ccc(F)cc1. The van der Waals surface area contributed by atoms with Crippen LogP contribution in [0.15, 0.2) is 42.5 Å². The molecule has 2 aromatic rings. The van der Waals surface area contributed by atoms with Crippen molar-refractivity contribution in [1.29, 1.82) is 0 Å². The van der Waals surface area contributed by atoms with E-state index < -0.39 is 0 Å². The summed E-state index contributed by atoms with van der Waals surface area (Å²) in [5.74, 6) is -0.592. The van der Waals surface area contributed by atoms with E-state index in [1.54, 1.807) is 18.2 Å². The van der Waals surface area contributed by atoms with Crippen LogP contribution in [0.4, 0.5) is 20.2 Å². The van der Waals surface area contributed by atoms with E-state index in [-0.39, 0.29) is 11.6 Å². The second-order valence-corrected chi connectivity index (χ2v) is 4.03. The number of rotatable bonds is 4. The van der Waals surface area contributed by atoms with E-state index in [1.165, 1.54) is 24.3 Å². The zero-order valence-electron chi connectivity index (χ0n) is 9.79. The van der Waals surface area contributed by atoms with Gasteiger partial charge in [-0.1, -0.05) is 12.1 Å². The lowest BCUT2D eigenvalue weighted by Gasteiger charge is -2.09. The van der Waals surface area contributed by atoms with E-state index in [4.69, 9.17) is 5.73 Å². The highest BCUT2D eigenvalue weighted by Crippen LogP contribution is 2.18. The Labute approximate surface area is 104 Å². The molecule has 0 atom stereocenters. The van der Waals surface area contributed by atoms with Crippen LogP contribution in [-0.4, -0.2) is 6.54 Å². The van der Waals surface area contributed by atoms with Gasteiger partial charge < -0.3 is 11.1 Å². The fraction of sp³-hybridized carbons (Fsp3) is 0.143. The molecule has 0 heterocycles. The van der Waals surface area contributed by atoms with Gasteiger partial charge in [0.1, 0.15) is 11.6 Å². The van der Waals surface area contributed by atoms with Gasteiger partial charge in [-0.05, 0) is 42.3 Å². The van der Waals surface area contributed by atoms with Crippen molar-refractivity contribution < 1.29 is 8.78 Å². The third kappa shape index (κ3) is 3.20. The molecule has 0 unspecified atom stereocenters. The van der Waals surface area contributed by atoms with Crippen molar-refractivity contribution in [2.24, 2.45) is 0 Å². The summed E-state index contributed by atoms with van der Waals surface area (Å²) in [5, 5.41) is 3.12. The molecular formula is C14H14F2N2. The van der Waals surface area contributed by atoms with Crippen molar-refractivity contribution >= 4 is 11.4 Å². The second-order valence-electron chi connectivity index (χ2n) is 4.03. The molecule has 0 saturated carbocycles. The van der Waals surface area contributed by atoms with Crippen LogP contribution in [0.2, 0.25) is 0 Å². The van der Waals surface area contributed by atoms with Gasteiger partial charge in [0, 0.05) is 6.54 Å². The zero-order chi connectivity index (χ0) is 13.0. The summed E-state index contributed by atoms with van der Waals surface area (Å²) in [7, 11) is 0. The Morgan fingerprint density at radius 2 is 1.61 bits per heavy atom. The lowest BCUT2D eigenvalue weighted by molar-refractivity contribution is 0.627. The fourth-order valence-corrected chi connectivity index (χ4v) is 1.69. The van der Waals surface area contributed by atoms with E-state index in [1.807, 2.05) is 0 Å². The summed E-state index contributed by atoms with van der Waals surface area (Å²) in [5.41, 5.74) is 7.79. The summed E-state index contributed by atoms with van der Waals surface area (Å²) in [6.45, 7) is 0.654. The minimum atomic E-state index is -0.350. The maximum atomic E-state index is 12.8. The highest BCUT2D eigenvalue weighted by atomic mass is 19.1. The molecule has 0 aromatic heterocycles. The highest BCUT2D eigenvalue weighted by molar-refractivity contribution is 5.65. The maximum Gasteiger partial charge on any atom is 0.125 e. The fourth-order valence-electron chi connectivity index (χ4n) is 1.69. The summed E-state index contributed by atoms with van der Waals surface area (Å²) < 4.78 is 25.5. The normalized spacial score (nSPS) is 10.3. The van der Waals surface area contributed by atoms with Gasteiger partial charge in [0.05, 0.1) is 11.4 Å². The Bertz CT molecular complexity index is 524. The van der Waals surface area contributed by atoms with E-state index in [0.29, 0.717) is 17.9 Å². The average Bonchev–Trinajstić information content (AvgIpc) is 2.34. The quantitative estimate of drug-likeness (QED) is 0.815. The molecule has 18 heavy (non-hydrogen) atoms. The lowest BCUT2D eigenvalue weighted by Crippen LogP contribution is -2.07. The smallest absolute Gasteiger partial charge is 0.125 e. The number of benzene rings is 2. The molecule has 0 bridgehead atoms. The molecule has 0 spiro atoms. The van der Waals surface area contributed by atoms with Crippen molar-refractivity contribution in [3.63, 3.8) is 0 Å².